The van der Waals surface area contributed by atoms with Crippen molar-refractivity contribution in [2.45, 2.75) is 62.8 Å². The molecule has 0 unspecified atom stereocenters. The van der Waals surface area contributed by atoms with Crippen molar-refractivity contribution < 1.29 is 27.5 Å². The summed E-state index contributed by atoms with van der Waals surface area (Å²) >= 11 is 0. The first kappa shape index (κ1) is 16.5. The Balaban J connectivity index is 1.46. The number of hydrogen-bond acceptors (Lipinski definition) is 4. The number of halogens is 3. The molecule has 3 atom stereocenters. The second-order valence-electron chi connectivity index (χ2n) is 6.89. The molecule has 0 aromatic heterocycles. The third-order valence-corrected chi connectivity index (χ3v) is 5.12. The van der Waals surface area contributed by atoms with E-state index in [4.69, 9.17) is 4.74 Å². The number of ether oxygens (including phenoxy) is 1. The van der Waals surface area contributed by atoms with Gasteiger partial charge in [-0.05, 0) is 31.6 Å². The lowest BCUT2D eigenvalue weighted by molar-refractivity contribution is -0.175. The molecule has 130 valence electrons. The van der Waals surface area contributed by atoms with Gasteiger partial charge in [0.1, 0.15) is 6.04 Å². The maximum atomic E-state index is 12.3. The van der Waals surface area contributed by atoms with Crippen molar-refractivity contribution in [3.8, 4) is 0 Å². The first-order valence-electron chi connectivity index (χ1n) is 8.14. The molecule has 0 bridgehead atoms. The number of nitrogens with one attached hydrogen (secondary N) is 2. The molecule has 2 saturated carbocycles. The molecule has 1 amide bonds. The van der Waals surface area contributed by atoms with Crippen LogP contribution in [0.4, 0.5) is 13.2 Å². The zero-order chi connectivity index (χ0) is 16.7. The molecule has 0 spiro atoms. The molecular formula is C15H21F3N2O3. The van der Waals surface area contributed by atoms with E-state index in [1.807, 2.05) is 5.32 Å². The summed E-state index contributed by atoms with van der Waals surface area (Å²) in [5.74, 6) is -2.14. The fourth-order valence-electron chi connectivity index (χ4n) is 3.72. The standard InChI is InChI=1S/C15H21F3N2O3/c16-15(17,18)13(22)20-14-7-10(14)6-11(19-14)12(21)23-8-9-4-2-1-3-5-9/h9-11,19H,1-8H2,(H,20,22)/t10-,11+,14+/m1/s1. The molecule has 1 aliphatic heterocycles. The van der Waals surface area contributed by atoms with Gasteiger partial charge in [0.05, 0.1) is 12.3 Å². The van der Waals surface area contributed by atoms with Gasteiger partial charge < -0.3 is 10.1 Å². The van der Waals surface area contributed by atoms with E-state index in [1.54, 1.807) is 0 Å². The van der Waals surface area contributed by atoms with Crippen molar-refractivity contribution in [2.75, 3.05) is 6.61 Å². The summed E-state index contributed by atoms with van der Waals surface area (Å²) in [6, 6.07) is -0.633. The first-order valence-corrected chi connectivity index (χ1v) is 8.14. The molecule has 2 N–H and O–H groups in total. The molecule has 0 radical (unpaired) electrons. The number of amides is 1. The number of alkyl halides is 3. The molecule has 5 nitrogen and oxygen atoms in total. The van der Waals surface area contributed by atoms with Crippen LogP contribution >= 0.6 is 0 Å². The van der Waals surface area contributed by atoms with Crippen LogP contribution in [0, 0.1) is 11.8 Å². The van der Waals surface area contributed by atoms with Gasteiger partial charge in [-0.25, -0.2) is 0 Å². The molecule has 0 aromatic carbocycles. The van der Waals surface area contributed by atoms with Gasteiger partial charge >= 0.3 is 18.1 Å². The van der Waals surface area contributed by atoms with E-state index in [-0.39, 0.29) is 5.92 Å². The largest absolute Gasteiger partial charge is 0.471 e. The van der Waals surface area contributed by atoms with E-state index in [1.165, 1.54) is 6.42 Å². The Morgan fingerprint density at radius 2 is 1.91 bits per heavy atom. The van der Waals surface area contributed by atoms with E-state index >= 15 is 0 Å². The van der Waals surface area contributed by atoms with Gasteiger partial charge in [0.25, 0.3) is 0 Å². The fraction of sp³-hybridized carbons (Fsp3) is 0.867. The SMILES string of the molecule is O=C(OCC1CCCCC1)[C@@H]1C[C@@H]2C[C@@]2(NC(=O)C(F)(F)F)N1. The van der Waals surface area contributed by atoms with Gasteiger partial charge in [-0.3, -0.25) is 14.9 Å². The number of esters is 1. The Hall–Kier alpha value is -1.31. The van der Waals surface area contributed by atoms with Gasteiger partial charge in [-0.1, -0.05) is 19.3 Å². The van der Waals surface area contributed by atoms with E-state index in [0.717, 1.165) is 25.7 Å². The number of carbonyl (C=O) groups is 2. The number of hydrogen-bond donors (Lipinski definition) is 2. The van der Waals surface area contributed by atoms with Crippen LogP contribution in [0.1, 0.15) is 44.9 Å². The predicted octanol–water partition coefficient (Wildman–Crippen LogP) is 1.87. The third kappa shape index (κ3) is 3.62. The summed E-state index contributed by atoms with van der Waals surface area (Å²) in [4.78, 5) is 23.1. The van der Waals surface area contributed by atoms with Crippen LogP contribution in [-0.2, 0) is 14.3 Å². The van der Waals surface area contributed by atoms with Crippen LogP contribution in [0.5, 0.6) is 0 Å². The Morgan fingerprint density at radius 1 is 1.22 bits per heavy atom. The summed E-state index contributed by atoms with van der Waals surface area (Å²) in [7, 11) is 0. The molecule has 23 heavy (non-hydrogen) atoms. The molecule has 0 aromatic rings. The minimum atomic E-state index is -4.91. The third-order valence-electron chi connectivity index (χ3n) is 5.12. The van der Waals surface area contributed by atoms with Crippen molar-refractivity contribution in [3.05, 3.63) is 0 Å². The van der Waals surface area contributed by atoms with Gasteiger partial charge in [-0.15, -0.1) is 0 Å². The summed E-state index contributed by atoms with van der Waals surface area (Å²) in [5, 5.41) is 4.80. The topological polar surface area (TPSA) is 67.4 Å². The molecule has 3 aliphatic rings. The quantitative estimate of drug-likeness (QED) is 0.770. The number of rotatable bonds is 4. The van der Waals surface area contributed by atoms with E-state index in [2.05, 4.69) is 5.32 Å². The van der Waals surface area contributed by atoms with Crippen LogP contribution in [0.2, 0.25) is 0 Å². The lowest BCUT2D eigenvalue weighted by Gasteiger charge is -2.23. The highest BCUT2D eigenvalue weighted by molar-refractivity contribution is 5.83. The zero-order valence-corrected chi connectivity index (χ0v) is 12.7. The lowest BCUT2D eigenvalue weighted by Crippen LogP contribution is -2.54. The zero-order valence-electron chi connectivity index (χ0n) is 12.7. The Kier molecular flexibility index (Phi) is 4.29. The molecule has 3 rings (SSSR count). The van der Waals surface area contributed by atoms with Crippen molar-refractivity contribution in [2.24, 2.45) is 11.8 Å². The molecule has 8 heteroatoms. The van der Waals surface area contributed by atoms with Crippen LogP contribution < -0.4 is 10.6 Å². The Labute approximate surface area is 132 Å². The summed E-state index contributed by atoms with van der Waals surface area (Å²) in [5.41, 5.74) is -1.08. The summed E-state index contributed by atoms with van der Waals surface area (Å²) in [6.45, 7) is 0.379. The first-order chi connectivity index (χ1) is 10.8. The Bertz CT molecular complexity index is 491. The van der Waals surface area contributed by atoms with Gasteiger partial charge in [0.15, 0.2) is 0 Å². The van der Waals surface area contributed by atoms with Crippen LogP contribution in [0.25, 0.3) is 0 Å². The molecule has 2 aliphatic carbocycles. The van der Waals surface area contributed by atoms with Crippen molar-refractivity contribution in [3.63, 3.8) is 0 Å². The van der Waals surface area contributed by atoms with E-state index in [9.17, 15) is 22.8 Å². The highest BCUT2D eigenvalue weighted by atomic mass is 19.4. The van der Waals surface area contributed by atoms with Crippen LogP contribution in [-0.4, -0.2) is 36.4 Å². The lowest BCUT2D eigenvalue weighted by atomic mass is 9.90. The monoisotopic (exact) mass is 334 g/mol. The van der Waals surface area contributed by atoms with Crippen molar-refractivity contribution in [1.82, 2.24) is 10.6 Å². The minimum Gasteiger partial charge on any atom is -0.464 e. The van der Waals surface area contributed by atoms with E-state index in [0.29, 0.717) is 25.4 Å². The normalized spacial score (nSPS) is 33.9. The average Bonchev–Trinajstić information content (AvgIpc) is 3.04. The highest BCUT2D eigenvalue weighted by Crippen LogP contribution is 2.50. The second kappa shape index (κ2) is 5.96. The van der Waals surface area contributed by atoms with E-state index < -0.39 is 29.8 Å². The number of fused-ring (bicyclic) bond motifs is 1. The maximum Gasteiger partial charge on any atom is 0.471 e. The molecular weight excluding hydrogens is 313 g/mol. The summed E-state index contributed by atoms with van der Waals surface area (Å²) < 4.78 is 42.3. The van der Waals surface area contributed by atoms with Crippen molar-refractivity contribution >= 4 is 11.9 Å². The second-order valence-corrected chi connectivity index (χ2v) is 6.89. The number of carbonyl (C=O) groups excluding carboxylic acids is 2. The highest BCUT2D eigenvalue weighted by Gasteiger charge is 2.64. The predicted molar refractivity (Wildman–Crippen MR) is 74.1 cm³/mol. The van der Waals surface area contributed by atoms with Gasteiger partial charge in [0, 0.05) is 5.92 Å². The number of piperidine rings is 1. The maximum absolute atomic E-state index is 12.3. The molecule has 3 fully saturated rings. The van der Waals surface area contributed by atoms with Crippen molar-refractivity contribution in [1.29, 1.82) is 0 Å². The average molecular weight is 334 g/mol. The molecule has 1 heterocycles. The van der Waals surface area contributed by atoms with Gasteiger partial charge in [0.2, 0.25) is 0 Å². The smallest absolute Gasteiger partial charge is 0.464 e. The van der Waals surface area contributed by atoms with Crippen LogP contribution in [0.15, 0.2) is 0 Å². The summed E-state index contributed by atoms with van der Waals surface area (Å²) in [6.07, 6.45) is 1.54. The van der Waals surface area contributed by atoms with Gasteiger partial charge in [-0.2, -0.15) is 13.2 Å². The Morgan fingerprint density at radius 3 is 2.57 bits per heavy atom. The minimum absolute atomic E-state index is 0.138. The fourth-order valence-corrected chi connectivity index (χ4v) is 3.72. The molecule has 1 saturated heterocycles. The van der Waals surface area contributed by atoms with Crippen LogP contribution in [0.3, 0.4) is 0 Å².